The average molecular weight is 214 g/mol. The molecular weight excluding hydrogens is 200 g/mol. The Morgan fingerprint density at radius 1 is 1.79 bits per heavy atom. The number of rotatable bonds is 4. The third-order valence-corrected chi connectivity index (χ3v) is 2.50. The predicted octanol–water partition coefficient (Wildman–Crippen LogP) is 1.40. The van der Waals surface area contributed by atoms with E-state index in [4.69, 9.17) is 10.5 Å². The standard InChI is InChI=1S/C9H14N2O2S/c1-3-13-9(12)4-7(10)8-5-14-6(2)11-8/h5,7H,3-4,10H2,1-2H3/t7-/m0/s1. The molecule has 0 spiro atoms. The maximum Gasteiger partial charge on any atom is 0.307 e. The summed E-state index contributed by atoms with van der Waals surface area (Å²) in [6, 6.07) is -0.348. The van der Waals surface area contributed by atoms with Crippen LogP contribution in [0.4, 0.5) is 0 Å². The van der Waals surface area contributed by atoms with Gasteiger partial charge in [-0.15, -0.1) is 11.3 Å². The highest BCUT2D eigenvalue weighted by molar-refractivity contribution is 7.09. The van der Waals surface area contributed by atoms with Crippen LogP contribution in [0.25, 0.3) is 0 Å². The zero-order valence-corrected chi connectivity index (χ0v) is 9.13. The van der Waals surface area contributed by atoms with Crippen molar-refractivity contribution in [3.8, 4) is 0 Å². The highest BCUT2D eigenvalue weighted by Gasteiger charge is 2.14. The van der Waals surface area contributed by atoms with Gasteiger partial charge in [0, 0.05) is 5.38 Å². The monoisotopic (exact) mass is 214 g/mol. The molecule has 1 aromatic rings. The number of hydrogen-bond acceptors (Lipinski definition) is 5. The van der Waals surface area contributed by atoms with Crippen LogP contribution in [0.1, 0.15) is 30.1 Å². The van der Waals surface area contributed by atoms with Crippen molar-refractivity contribution < 1.29 is 9.53 Å². The molecule has 0 aromatic carbocycles. The van der Waals surface area contributed by atoms with Crippen LogP contribution in [-0.2, 0) is 9.53 Å². The van der Waals surface area contributed by atoms with Crippen molar-refractivity contribution in [3.63, 3.8) is 0 Å². The number of hydrogen-bond donors (Lipinski definition) is 1. The van der Waals surface area contributed by atoms with Gasteiger partial charge in [-0.3, -0.25) is 4.79 Å². The quantitative estimate of drug-likeness (QED) is 0.769. The number of aromatic nitrogens is 1. The van der Waals surface area contributed by atoms with Gasteiger partial charge >= 0.3 is 5.97 Å². The summed E-state index contributed by atoms with van der Waals surface area (Å²) in [6.07, 6.45) is 0.191. The molecule has 5 heteroatoms. The first kappa shape index (κ1) is 11.1. The smallest absolute Gasteiger partial charge is 0.307 e. The summed E-state index contributed by atoms with van der Waals surface area (Å²) >= 11 is 1.53. The second-order valence-corrected chi connectivity index (χ2v) is 3.97. The fraction of sp³-hybridized carbons (Fsp3) is 0.556. The van der Waals surface area contributed by atoms with Crippen LogP contribution in [-0.4, -0.2) is 17.6 Å². The first-order valence-electron chi connectivity index (χ1n) is 4.46. The van der Waals surface area contributed by atoms with E-state index in [0.29, 0.717) is 6.61 Å². The van der Waals surface area contributed by atoms with Crippen LogP contribution in [0.3, 0.4) is 0 Å². The number of nitrogens with zero attached hydrogens (tertiary/aromatic N) is 1. The molecule has 1 atom stereocenters. The molecule has 2 N–H and O–H groups in total. The molecule has 0 saturated heterocycles. The highest BCUT2D eigenvalue weighted by Crippen LogP contribution is 2.17. The molecule has 0 saturated carbocycles. The number of esters is 1. The maximum atomic E-state index is 11.1. The van der Waals surface area contributed by atoms with Crippen molar-refractivity contribution in [2.75, 3.05) is 6.61 Å². The van der Waals surface area contributed by atoms with Crippen LogP contribution in [0.15, 0.2) is 5.38 Å². The SMILES string of the molecule is CCOC(=O)C[C@H](N)c1csc(C)n1. The van der Waals surface area contributed by atoms with Gasteiger partial charge in [-0.1, -0.05) is 0 Å². The van der Waals surface area contributed by atoms with Gasteiger partial charge in [0.15, 0.2) is 0 Å². The molecule has 78 valence electrons. The van der Waals surface area contributed by atoms with Gasteiger partial charge in [-0.25, -0.2) is 4.98 Å². The third kappa shape index (κ3) is 3.08. The predicted molar refractivity (Wildman–Crippen MR) is 55.0 cm³/mol. The normalized spacial score (nSPS) is 12.5. The van der Waals surface area contributed by atoms with E-state index in [9.17, 15) is 4.79 Å². The van der Waals surface area contributed by atoms with E-state index in [0.717, 1.165) is 10.7 Å². The minimum atomic E-state index is -0.348. The lowest BCUT2D eigenvalue weighted by Gasteiger charge is -2.07. The number of carbonyl (C=O) groups is 1. The average Bonchev–Trinajstić information content (AvgIpc) is 2.52. The fourth-order valence-electron chi connectivity index (χ4n) is 1.05. The van der Waals surface area contributed by atoms with Crippen LogP contribution in [0.5, 0.6) is 0 Å². The topological polar surface area (TPSA) is 65.2 Å². The Hall–Kier alpha value is -0.940. The van der Waals surface area contributed by atoms with Gasteiger partial charge in [0.05, 0.1) is 29.8 Å². The van der Waals surface area contributed by atoms with E-state index >= 15 is 0 Å². The van der Waals surface area contributed by atoms with Crippen LogP contribution >= 0.6 is 11.3 Å². The van der Waals surface area contributed by atoms with Crippen molar-refractivity contribution in [3.05, 3.63) is 16.1 Å². The second kappa shape index (κ2) is 5.07. The molecule has 1 rings (SSSR count). The van der Waals surface area contributed by atoms with Gasteiger partial charge in [-0.05, 0) is 13.8 Å². The Bertz CT molecular complexity index is 312. The molecule has 1 heterocycles. The molecule has 0 amide bonds. The van der Waals surface area contributed by atoms with Gasteiger partial charge in [-0.2, -0.15) is 0 Å². The Morgan fingerprint density at radius 2 is 2.50 bits per heavy atom. The molecule has 0 aliphatic rings. The lowest BCUT2D eigenvalue weighted by atomic mass is 10.2. The summed E-state index contributed by atoms with van der Waals surface area (Å²) in [5, 5.41) is 2.83. The van der Waals surface area contributed by atoms with Crippen molar-refractivity contribution in [1.82, 2.24) is 4.98 Å². The summed E-state index contributed by atoms with van der Waals surface area (Å²) in [4.78, 5) is 15.3. The summed E-state index contributed by atoms with van der Waals surface area (Å²) in [5.74, 6) is -0.273. The van der Waals surface area contributed by atoms with Gasteiger partial charge < -0.3 is 10.5 Å². The minimum absolute atomic E-state index is 0.191. The minimum Gasteiger partial charge on any atom is -0.466 e. The number of aryl methyl sites for hydroxylation is 1. The van der Waals surface area contributed by atoms with Crippen LogP contribution in [0.2, 0.25) is 0 Å². The van der Waals surface area contributed by atoms with Crippen molar-refractivity contribution in [1.29, 1.82) is 0 Å². The summed E-state index contributed by atoms with van der Waals surface area (Å²) in [5.41, 5.74) is 6.55. The molecule has 4 nitrogen and oxygen atoms in total. The van der Waals surface area contributed by atoms with Crippen molar-refractivity contribution in [2.45, 2.75) is 26.3 Å². The molecule has 14 heavy (non-hydrogen) atoms. The lowest BCUT2D eigenvalue weighted by molar-refractivity contribution is -0.143. The molecule has 0 bridgehead atoms. The maximum absolute atomic E-state index is 11.1. The second-order valence-electron chi connectivity index (χ2n) is 2.91. The Morgan fingerprint density at radius 3 is 3.00 bits per heavy atom. The van der Waals surface area contributed by atoms with Gasteiger partial charge in [0.2, 0.25) is 0 Å². The molecule has 0 fully saturated rings. The van der Waals surface area contributed by atoms with E-state index in [1.807, 2.05) is 12.3 Å². The Kier molecular flexibility index (Phi) is 4.03. The van der Waals surface area contributed by atoms with E-state index in [-0.39, 0.29) is 18.4 Å². The van der Waals surface area contributed by atoms with E-state index in [1.54, 1.807) is 6.92 Å². The fourth-order valence-corrected chi connectivity index (χ4v) is 1.73. The number of thiazole rings is 1. The molecule has 0 aliphatic carbocycles. The van der Waals surface area contributed by atoms with E-state index in [2.05, 4.69) is 4.98 Å². The highest BCUT2D eigenvalue weighted by atomic mass is 32.1. The number of ether oxygens (including phenoxy) is 1. The summed E-state index contributed by atoms with van der Waals surface area (Å²) in [7, 11) is 0. The Balaban J connectivity index is 2.50. The Labute approximate surface area is 87.1 Å². The number of nitrogens with two attached hydrogens (primary N) is 1. The first-order valence-corrected chi connectivity index (χ1v) is 5.34. The van der Waals surface area contributed by atoms with E-state index < -0.39 is 0 Å². The molecular formula is C9H14N2O2S. The summed E-state index contributed by atoms with van der Waals surface area (Å²) < 4.78 is 4.80. The van der Waals surface area contributed by atoms with Crippen molar-refractivity contribution >= 4 is 17.3 Å². The first-order chi connectivity index (χ1) is 6.63. The molecule has 0 unspecified atom stereocenters. The molecule has 0 aliphatic heterocycles. The molecule has 1 aromatic heterocycles. The zero-order chi connectivity index (χ0) is 10.6. The van der Waals surface area contributed by atoms with E-state index in [1.165, 1.54) is 11.3 Å². The lowest BCUT2D eigenvalue weighted by Crippen LogP contribution is -2.17. The van der Waals surface area contributed by atoms with Crippen LogP contribution < -0.4 is 5.73 Å². The van der Waals surface area contributed by atoms with Crippen LogP contribution in [0, 0.1) is 6.92 Å². The van der Waals surface area contributed by atoms with Crippen molar-refractivity contribution in [2.24, 2.45) is 5.73 Å². The summed E-state index contributed by atoms with van der Waals surface area (Å²) in [6.45, 7) is 4.07. The van der Waals surface area contributed by atoms with Gasteiger partial charge in [0.1, 0.15) is 0 Å². The molecule has 0 radical (unpaired) electrons. The number of carbonyl (C=O) groups excluding carboxylic acids is 1. The third-order valence-electron chi connectivity index (χ3n) is 1.71. The largest absolute Gasteiger partial charge is 0.466 e. The zero-order valence-electron chi connectivity index (χ0n) is 8.32. The van der Waals surface area contributed by atoms with Gasteiger partial charge in [0.25, 0.3) is 0 Å².